The SMILES string of the molecule is Cc1cccc([C@H]2CCCCCN2C(=O)Nc2ccc3c(c2)OCO3)c1. The van der Waals surface area contributed by atoms with E-state index >= 15 is 0 Å². The summed E-state index contributed by atoms with van der Waals surface area (Å²) in [6, 6.07) is 14.0. The van der Waals surface area contributed by atoms with Gasteiger partial charge in [0.1, 0.15) is 0 Å². The zero-order valence-corrected chi connectivity index (χ0v) is 15.0. The molecule has 2 aliphatic rings. The van der Waals surface area contributed by atoms with Crippen molar-refractivity contribution in [1.29, 1.82) is 0 Å². The lowest BCUT2D eigenvalue weighted by molar-refractivity contribution is 0.174. The monoisotopic (exact) mass is 352 g/mol. The Morgan fingerprint density at radius 2 is 1.96 bits per heavy atom. The number of urea groups is 1. The minimum atomic E-state index is -0.0581. The molecule has 1 fully saturated rings. The average molecular weight is 352 g/mol. The zero-order chi connectivity index (χ0) is 17.9. The molecule has 136 valence electrons. The Labute approximate surface area is 153 Å². The molecule has 26 heavy (non-hydrogen) atoms. The Morgan fingerprint density at radius 3 is 2.85 bits per heavy atom. The molecule has 0 aliphatic carbocycles. The third kappa shape index (κ3) is 3.47. The van der Waals surface area contributed by atoms with Gasteiger partial charge in [0.05, 0.1) is 6.04 Å². The number of nitrogens with one attached hydrogen (secondary N) is 1. The van der Waals surface area contributed by atoms with Gasteiger partial charge in [-0.1, -0.05) is 42.7 Å². The van der Waals surface area contributed by atoms with Crippen molar-refractivity contribution < 1.29 is 14.3 Å². The van der Waals surface area contributed by atoms with Gasteiger partial charge in [0.15, 0.2) is 11.5 Å². The molecule has 1 atom stereocenters. The van der Waals surface area contributed by atoms with E-state index < -0.39 is 0 Å². The Balaban J connectivity index is 1.55. The van der Waals surface area contributed by atoms with Crippen molar-refractivity contribution in [2.75, 3.05) is 18.7 Å². The molecule has 2 heterocycles. The molecule has 0 aromatic heterocycles. The van der Waals surface area contributed by atoms with Gasteiger partial charge >= 0.3 is 6.03 Å². The van der Waals surface area contributed by atoms with Crippen LogP contribution in [0.1, 0.15) is 42.9 Å². The van der Waals surface area contributed by atoms with Crippen LogP contribution < -0.4 is 14.8 Å². The molecule has 2 aliphatic heterocycles. The van der Waals surface area contributed by atoms with E-state index in [9.17, 15) is 4.79 Å². The summed E-state index contributed by atoms with van der Waals surface area (Å²) in [6.45, 7) is 3.10. The zero-order valence-electron chi connectivity index (χ0n) is 15.0. The van der Waals surface area contributed by atoms with Crippen LogP contribution in [0.4, 0.5) is 10.5 Å². The van der Waals surface area contributed by atoms with Gasteiger partial charge in [-0.05, 0) is 37.5 Å². The molecule has 2 amide bonds. The van der Waals surface area contributed by atoms with Crippen molar-refractivity contribution in [3.63, 3.8) is 0 Å². The first kappa shape index (κ1) is 16.8. The maximum Gasteiger partial charge on any atom is 0.322 e. The van der Waals surface area contributed by atoms with Crippen LogP contribution in [-0.4, -0.2) is 24.3 Å². The fourth-order valence-corrected chi connectivity index (χ4v) is 3.74. The number of anilines is 1. The van der Waals surface area contributed by atoms with E-state index in [-0.39, 0.29) is 18.9 Å². The van der Waals surface area contributed by atoms with Crippen molar-refractivity contribution >= 4 is 11.7 Å². The standard InChI is InChI=1S/C21H24N2O3/c1-15-6-5-7-16(12-15)18-8-3-2-4-11-23(18)21(24)22-17-9-10-19-20(13-17)26-14-25-19/h5-7,9-10,12-13,18H,2-4,8,11,14H2,1H3,(H,22,24)/t18-/m1/s1. The molecule has 5 heteroatoms. The lowest BCUT2D eigenvalue weighted by Gasteiger charge is -2.31. The second-order valence-corrected chi connectivity index (χ2v) is 6.97. The normalized spacial score (nSPS) is 19.1. The summed E-state index contributed by atoms with van der Waals surface area (Å²) in [5.74, 6) is 1.39. The third-order valence-corrected chi connectivity index (χ3v) is 5.06. The second-order valence-electron chi connectivity index (χ2n) is 6.97. The highest BCUT2D eigenvalue weighted by Crippen LogP contribution is 2.35. The summed E-state index contributed by atoms with van der Waals surface area (Å²) < 4.78 is 10.7. The number of hydrogen-bond donors (Lipinski definition) is 1. The molecule has 5 nitrogen and oxygen atoms in total. The predicted octanol–water partition coefficient (Wildman–Crippen LogP) is 4.87. The summed E-state index contributed by atoms with van der Waals surface area (Å²) in [5.41, 5.74) is 3.17. The van der Waals surface area contributed by atoms with Crippen molar-refractivity contribution in [1.82, 2.24) is 4.90 Å². The maximum atomic E-state index is 13.0. The van der Waals surface area contributed by atoms with E-state index in [1.54, 1.807) is 0 Å². The van der Waals surface area contributed by atoms with Crippen LogP contribution in [0.3, 0.4) is 0 Å². The summed E-state index contributed by atoms with van der Waals surface area (Å²) >= 11 is 0. The number of nitrogens with zero attached hydrogens (tertiary/aromatic N) is 1. The van der Waals surface area contributed by atoms with Crippen LogP contribution in [-0.2, 0) is 0 Å². The fourth-order valence-electron chi connectivity index (χ4n) is 3.74. The molecule has 0 spiro atoms. The highest BCUT2D eigenvalue weighted by atomic mass is 16.7. The van der Waals surface area contributed by atoms with E-state index in [1.807, 2.05) is 23.1 Å². The number of carbonyl (C=O) groups is 1. The first-order chi connectivity index (χ1) is 12.7. The summed E-state index contributed by atoms with van der Waals surface area (Å²) in [5, 5.41) is 3.03. The average Bonchev–Trinajstić information content (AvgIpc) is 2.96. The summed E-state index contributed by atoms with van der Waals surface area (Å²) in [7, 11) is 0. The molecule has 4 rings (SSSR count). The van der Waals surface area contributed by atoms with Crippen LogP contribution in [0.25, 0.3) is 0 Å². The van der Waals surface area contributed by atoms with E-state index in [1.165, 1.54) is 11.1 Å². The lowest BCUT2D eigenvalue weighted by atomic mass is 9.99. The van der Waals surface area contributed by atoms with Crippen molar-refractivity contribution in [2.24, 2.45) is 0 Å². The minimum Gasteiger partial charge on any atom is -0.454 e. The summed E-state index contributed by atoms with van der Waals surface area (Å²) in [4.78, 5) is 15.0. The van der Waals surface area contributed by atoms with E-state index in [0.717, 1.165) is 43.7 Å². The highest BCUT2D eigenvalue weighted by molar-refractivity contribution is 5.90. The summed E-state index contributed by atoms with van der Waals surface area (Å²) in [6.07, 6.45) is 4.34. The van der Waals surface area contributed by atoms with Crippen LogP contribution >= 0.6 is 0 Å². The van der Waals surface area contributed by atoms with Crippen LogP contribution in [0.15, 0.2) is 42.5 Å². The molecule has 0 bridgehead atoms. The number of hydrogen-bond acceptors (Lipinski definition) is 3. The predicted molar refractivity (Wildman–Crippen MR) is 101 cm³/mol. The third-order valence-electron chi connectivity index (χ3n) is 5.06. The molecule has 1 saturated heterocycles. The number of ether oxygens (including phenoxy) is 2. The molecule has 0 saturated carbocycles. The number of carbonyl (C=O) groups excluding carboxylic acids is 1. The lowest BCUT2D eigenvalue weighted by Crippen LogP contribution is -2.38. The van der Waals surface area contributed by atoms with Crippen molar-refractivity contribution in [3.05, 3.63) is 53.6 Å². The largest absolute Gasteiger partial charge is 0.454 e. The Bertz CT molecular complexity index is 806. The van der Waals surface area contributed by atoms with Crippen LogP contribution in [0.2, 0.25) is 0 Å². The quantitative estimate of drug-likeness (QED) is 0.838. The number of benzene rings is 2. The smallest absolute Gasteiger partial charge is 0.322 e. The number of likely N-dealkylation sites (tertiary alicyclic amines) is 1. The van der Waals surface area contributed by atoms with Gasteiger partial charge in [-0.2, -0.15) is 0 Å². The van der Waals surface area contributed by atoms with Gasteiger partial charge in [-0.25, -0.2) is 4.79 Å². The van der Waals surface area contributed by atoms with Gasteiger partial charge in [-0.3, -0.25) is 0 Å². The Morgan fingerprint density at radius 1 is 1.08 bits per heavy atom. The minimum absolute atomic E-state index is 0.0581. The number of fused-ring (bicyclic) bond motifs is 1. The fraction of sp³-hybridized carbons (Fsp3) is 0.381. The first-order valence-electron chi connectivity index (χ1n) is 9.24. The van der Waals surface area contributed by atoms with Gasteiger partial charge in [0.25, 0.3) is 0 Å². The van der Waals surface area contributed by atoms with E-state index in [4.69, 9.17) is 9.47 Å². The van der Waals surface area contributed by atoms with Crippen molar-refractivity contribution in [3.8, 4) is 11.5 Å². The Hall–Kier alpha value is -2.69. The molecule has 2 aromatic rings. The maximum absolute atomic E-state index is 13.0. The van der Waals surface area contributed by atoms with Crippen LogP contribution in [0.5, 0.6) is 11.5 Å². The van der Waals surface area contributed by atoms with Crippen LogP contribution in [0, 0.1) is 6.92 Å². The van der Waals surface area contributed by atoms with Gasteiger partial charge < -0.3 is 19.7 Å². The van der Waals surface area contributed by atoms with Gasteiger partial charge in [0, 0.05) is 18.3 Å². The topological polar surface area (TPSA) is 50.8 Å². The molecular formula is C21H24N2O3. The second kappa shape index (κ2) is 7.28. The van der Waals surface area contributed by atoms with Gasteiger partial charge in [-0.15, -0.1) is 0 Å². The van der Waals surface area contributed by atoms with Gasteiger partial charge in [0.2, 0.25) is 6.79 Å². The molecule has 0 unspecified atom stereocenters. The Kier molecular flexibility index (Phi) is 4.69. The molecule has 0 radical (unpaired) electrons. The van der Waals surface area contributed by atoms with Crippen molar-refractivity contribution in [2.45, 2.75) is 38.6 Å². The highest BCUT2D eigenvalue weighted by Gasteiger charge is 2.27. The molecule has 1 N–H and O–H groups in total. The molecular weight excluding hydrogens is 328 g/mol. The number of amides is 2. The first-order valence-corrected chi connectivity index (χ1v) is 9.24. The van der Waals surface area contributed by atoms with E-state index in [0.29, 0.717) is 5.75 Å². The number of aryl methyl sites for hydroxylation is 1. The number of rotatable bonds is 2. The molecule has 2 aromatic carbocycles. The van der Waals surface area contributed by atoms with E-state index in [2.05, 4.69) is 36.5 Å².